The van der Waals surface area contributed by atoms with E-state index in [0.717, 1.165) is 0 Å². The first kappa shape index (κ1) is 11.4. The molecular formula is C9H18O3. The summed E-state index contributed by atoms with van der Waals surface area (Å²) in [6.07, 6.45) is -0.361. The summed E-state index contributed by atoms with van der Waals surface area (Å²) in [6, 6.07) is 0. The molecule has 72 valence electrons. The third kappa shape index (κ3) is 3.22. The van der Waals surface area contributed by atoms with Gasteiger partial charge in [0.1, 0.15) is 6.61 Å². The van der Waals surface area contributed by atoms with Crippen LogP contribution in [0.5, 0.6) is 0 Å². The van der Waals surface area contributed by atoms with E-state index in [9.17, 15) is 4.79 Å². The maximum Gasteiger partial charge on any atom is 0.334 e. The summed E-state index contributed by atoms with van der Waals surface area (Å²) >= 11 is 0. The van der Waals surface area contributed by atoms with Gasteiger partial charge in [-0.3, -0.25) is 0 Å². The first-order chi connectivity index (χ1) is 5.50. The number of carbonyl (C=O) groups excluding carboxylic acids is 1. The highest BCUT2D eigenvalue weighted by molar-refractivity contribution is 5.72. The number of rotatable bonds is 0. The monoisotopic (exact) mass is 174 g/mol. The van der Waals surface area contributed by atoms with Crippen LogP contribution in [0.3, 0.4) is 0 Å². The molecule has 3 heteroatoms. The van der Waals surface area contributed by atoms with Crippen LogP contribution in [0.15, 0.2) is 0 Å². The number of carbonyl (C=O) groups is 1. The number of ether oxygens (including phenoxy) is 2. The Bertz CT molecular complexity index is 146. The van der Waals surface area contributed by atoms with Crippen molar-refractivity contribution in [2.24, 2.45) is 5.41 Å². The van der Waals surface area contributed by atoms with E-state index in [1.807, 2.05) is 34.6 Å². The fourth-order valence-electron chi connectivity index (χ4n) is 0.758. The van der Waals surface area contributed by atoms with Gasteiger partial charge in [0.25, 0.3) is 0 Å². The smallest absolute Gasteiger partial charge is 0.334 e. The van der Waals surface area contributed by atoms with E-state index in [0.29, 0.717) is 0 Å². The van der Waals surface area contributed by atoms with Gasteiger partial charge in [0.15, 0.2) is 0 Å². The normalized spacial score (nSPS) is 22.8. The molecule has 1 atom stereocenters. The molecule has 0 spiro atoms. The zero-order valence-electron chi connectivity index (χ0n) is 8.51. The van der Waals surface area contributed by atoms with Gasteiger partial charge >= 0.3 is 5.97 Å². The van der Waals surface area contributed by atoms with Crippen molar-refractivity contribution in [2.45, 2.75) is 40.9 Å². The van der Waals surface area contributed by atoms with Gasteiger partial charge in [-0.1, -0.05) is 34.6 Å². The Balaban J connectivity index is 0.000000561. The molecule has 0 aromatic heterocycles. The third-order valence-electron chi connectivity index (χ3n) is 1.30. The van der Waals surface area contributed by atoms with Crippen molar-refractivity contribution in [2.75, 3.05) is 6.61 Å². The first-order valence-corrected chi connectivity index (χ1v) is 4.31. The second-order valence-corrected chi connectivity index (χ2v) is 3.50. The van der Waals surface area contributed by atoms with Crippen molar-refractivity contribution in [1.82, 2.24) is 0 Å². The lowest BCUT2D eigenvalue weighted by Gasteiger charge is -2.23. The number of esters is 1. The van der Waals surface area contributed by atoms with E-state index in [2.05, 4.69) is 0 Å². The van der Waals surface area contributed by atoms with Gasteiger partial charge in [-0.25, -0.2) is 4.79 Å². The van der Waals surface area contributed by atoms with Crippen LogP contribution in [-0.4, -0.2) is 18.9 Å². The van der Waals surface area contributed by atoms with Gasteiger partial charge in [0.05, 0.1) is 0 Å². The molecule has 0 aromatic rings. The highest BCUT2D eigenvalue weighted by Gasteiger charge is 2.34. The average Bonchev–Trinajstić information content (AvgIpc) is 2.39. The minimum atomic E-state index is -0.361. The van der Waals surface area contributed by atoms with Crippen LogP contribution in [0.1, 0.15) is 34.6 Å². The van der Waals surface area contributed by atoms with E-state index < -0.39 is 0 Å². The fourth-order valence-corrected chi connectivity index (χ4v) is 0.758. The fraction of sp³-hybridized carbons (Fsp3) is 0.889. The van der Waals surface area contributed by atoms with Gasteiger partial charge in [0.2, 0.25) is 6.29 Å². The molecule has 0 aliphatic carbocycles. The molecule has 0 aromatic carbocycles. The minimum absolute atomic E-state index is 0.0991. The predicted octanol–water partition coefficient (Wildman–Crippen LogP) is 1.96. The van der Waals surface area contributed by atoms with E-state index in [1.165, 1.54) is 0 Å². The van der Waals surface area contributed by atoms with E-state index >= 15 is 0 Å². The second-order valence-electron chi connectivity index (χ2n) is 3.50. The van der Waals surface area contributed by atoms with Crippen molar-refractivity contribution in [3.05, 3.63) is 0 Å². The highest BCUT2D eigenvalue weighted by Crippen LogP contribution is 2.26. The van der Waals surface area contributed by atoms with Crippen LogP contribution < -0.4 is 0 Å². The second kappa shape index (κ2) is 4.45. The van der Waals surface area contributed by atoms with Gasteiger partial charge in [-0.2, -0.15) is 0 Å². The molecule has 12 heavy (non-hydrogen) atoms. The maximum absolute atomic E-state index is 10.6. The predicted molar refractivity (Wildman–Crippen MR) is 46.6 cm³/mol. The lowest BCUT2D eigenvalue weighted by molar-refractivity contribution is -0.154. The number of hydrogen-bond acceptors (Lipinski definition) is 3. The molecule has 0 radical (unpaired) electrons. The lowest BCUT2D eigenvalue weighted by Crippen LogP contribution is -2.27. The van der Waals surface area contributed by atoms with Crippen LogP contribution >= 0.6 is 0 Å². The molecule has 1 heterocycles. The van der Waals surface area contributed by atoms with Crippen LogP contribution in [0.2, 0.25) is 0 Å². The Morgan fingerprint density at radius 2 is 1.83 bits per heavy atom. The zero-order chi connectivity index (χ0) is 9.78. The molecule has 1 saturated heterocycles. The molecule has 0 amide bonds. The van der Waals surface area contributed by atoms with Gasteiger partial charge in [-0.15, -0.1) is 0 Å². The Labute approximate surface area is 74.0 Å². The van der Waals surface area contributed by atoms with Gasteiger partial charge in [0, 0.05) is 5.41 Å². The van der Waals surface area contributed by atoms with Gasteiger partial charge in [-0.05, 0) is 0 Å². The summed E-state index contributed by atoms with van der Waals surface area (Å²) in [6.45, 7) is 10.0. The summed E-state index contributed by atoms with van der Waals surface area (Å²) in [5.41, 5.74) is -0.105. The van der Waals surface area contributed by atoms with Crippen molar-refractivity contribution >= 4 is 5.97 Å². The topological polar surface area (TPSA) is 35.5 Å². The zero-order valence-corrected chi connectivity index (χ0v) is 8.51. The van der Waals surface area contributed by atoms with Crippen LogP contribution in [0, 0.1) is 5.41 Å². The molecule has 1 unspecified atom stereocenters. The summed E-state index contributed by atoms with van der Waals surface area (Å²) in [5.74, 6) is -0.264. The molecule has 0 saturated carbocycles. The summed E-state index contributed by atoms with van der Waals surface area (Å²) in [7, 11) is 0. The molecule has 0 bridgehead atoms. The van der Waals surface area contributed by atoms with Crippen molar-refractivity contribution in [3.63, 3.8) is 0 Å². The first-order valence-electron chi connectivity index (χ1n) is 4.31. The van der Waals surface area contributed by atoms with Crippen molar-refractivity contribution < 1.29 is 14.3 Å². The highest BCUT2D eigenvalue weighted by atomic mass is 16.7. The van der Waals surface area contributed by atoms with Crippen LogP contribution in [-0.2, 0) is 14.3 Å². The molecule has 0 N–H and O–H groups in total. The molecule has 1 fully saturated rings. The van der Waals surface area contributed by atoms with Crippen molar-refractivity contribution in [1.29, 1.82) is 0 Å². The SMILES string of the molecule is CC.CC(C)(C)C1OCC(=O)O1. The molecular weight excluding hydrogens is 156 g/mol. The third-order valence-corrected chi connectivity index (χ3v) is 1.30. The number of hydrogen-bond donors (Lipinski definition) is 0. The van der Waals surface area contributed by atoms with Crippen LogP contribution in [0.25, 0.3) is 0 Å². The minimum Gasteiger partial charge on any atom is -0.433 e. The molecule has 1 rings (SSSR count). The molecule has 3 nitrogen and oxygen atoms in total. The summed E-state index contributed by atoms with van der Waals surface area (Å²) < 4.78 is 9.92. The Morgan fingerprint density at radius 1 is 1.33 bits per heavy atom. The lowest BCUT2D eigenvalue weighted by atomic mass is 9.96. The molecule has 1 aliphatic rings. The van der Waals surface area contributed by atoms with Crippen LogP contribution in [0.4, 0.5) is 0 Å². The van der Waals surface area contributed by atoms with Crippen molar-refractivity contribution in [3.8, 4) is 0 Å². The Morgan fingerprint density at radius 3 is 2.00 bits per heavy atom. The maximum atomic E-state index is 10.6. The summed E-state index contributed by atoms with van der Waals surface area (Å²) in [5, 5.41) is 0. The standard InChI is InChI=1S/C7H12O3.C2H6/c1-7(2,3)6-9-4-5(8)10-6;1-2/h6H,4H2,1-3H3;1-2H3. The average molecular weight is 174 g/mol. The Kier molecular flexibility index (Phi) is 4.24. The largest absolute Gasteiger partial charge is 0.433 e. The summed E-state index contributed by atoms with van der Waals surface area (Å²) in [4.78, 5) is 10.6. The number of cyclic esters (lactones) is 1. The molecule has 1 aliphatic heterocycles. The quantitative estimate of drug-likeness (QED) is 0.526. The van der Waals surface area contributed by atoms with Gasteiger partial charge < -0.3 is 9.47 Å². The Hall–Kier alpha value is -0.570. The van der Waals surface area contributed by atoms with E-state index in [4.69, 9.17) is 9.47 Å². The van der Waals surface area contributed by atoms with E-state index in [1.54, 1.807) is 0 Å². The van der Waals surface area contributed by atoms with E-state index in [-0.39, 0.29) is 24.3 Å².